The van der Waals surface area contributed by atoms with Crippen LogP contribution < -0.4 is 0 Å². The maximum Gasteiger partial charge on any atom is 0.226 e. The van der Waals surface area contributed by atoms with Crippen LogP contribution in [-0.2, 0) is 14.3 Å². The van der Waals surface area contributed by atoms with E-state index >= 15 is 0 Å². The second-order valence-corrected chi connectivity index (χ2v) is 7.72. The number of amides is 1. The maximum atomic E-state index is 12.8. The lowest BCUT2D eigenvalue weighted by atomic mass is 9.80. The summed E-state index contributed by atoms with van der Waals surface area (Å²) in [5.41, 5.74) is 0.166. The van der Waals surface area contributed by atoms with Crippen molar-refractivity contribution >= 4 is 5.91 Å². The third-order valence-electron chi connectivity index (χ3n) is 5.98. The highest BCUT2D eigenvalue weighted by Crippen LogP contribution is 2.44. The van der Waals surface area contributed by atoms with Crippen LogP contribution in [0.2, 0.25) is 0 Å². The molecule has 0 aromatic heterocycles. The van der Waals surface area contributed by atoms with Gasteiger partial charge in [-0.2, -0.15) is 0 Å². The van der Waals surface area contributed by atoms with Gasteiger partial charge in [-0.05, 0) is 31.1 Å². The Balaban J connectivity index is 1.58. The molecule has 1 heterocycles. The van der Waals surface area contributed by atoms with Gasteiger partial charge in [0, 0.05) is 31.8 Å². The van der Waals surface area contributed by atoms with Gasteiger partial charge in [-0.25, -0.2) is 0 Å². The molecule has 1 amide bonds. The molecule has 1 spiro atoms. The fraction of sp³-hybridized carbons (Fsp3) is 0.941. The second kappa shape index (κ2) is 5.54. The lowest BCUT2D eigenvalue weighted by Gasteiger charge is -2.41. The van der Waals surface area contributed by atoms with Crippen molar-refractivity contribution in [2.75, 3.05) is 20.3 Å². The summed E-state index contributed by atoms with van der Waals surface area (Å²) >= 11 is 0. The Morgan fingerprint density at radius 2 is 1.67 bits per heavy atom. The number of rotatable bonds is 2. The molecule has 3 fully saturated rings. The molecule has 0 N–H and O–H groups in total. The lowest BCUT2D eigenvalue weighted by Crippen LogP contribution is -2.47. The largest absolute Gasteiger partial charge is 0.348 e. The summed E-state index contributed by atoms with van der Waals surface area (Å²) in [6.45, 7) is 5.92. The zero-order chi connectivity index (χ0) is 15.1. The molecule has 3 aliphatic rings. The van der Waals surface area contributed by atoms with Crippen molar-refractivity contribution in [1.82, 2.24) is 4.90 Å². The minimum Gasteiger partial charge on any atom is -0.348 e. The molecule has 0 aromatic rings. The van der Waals surface area contributed by atoms with Crippen LogP contribution in [0.3, 0.4) is 0 Å². The second-order valence-electron chi connectivity index (χ2n) is 7.72. The van der Waals surface area contributed by atoms with E-state index in [0.717, 1.165) is 45.3 Å². The monoisotopic (exact) mass is 295 g/mol. The summed E-state index contributed by atoms with van der Waals surface area (Å²) in [6.07, 6.45) is 7.25. The highest BCUT2D eigenvalue weighted by atomic mass is 16.7. The molecule has 1 aliphatic heterocycles. The Kier molecular flexibility index (Phi) is 4.04. The fourth-order valence-corrected chi connectivity index (χ4v) is 4.43. The molecule has 2 aliphatic carbocycles. The first-order chi connectivity index (χ1) is 9.94. The van der Waals surface area contributed by atoms with Crippen molar-refractivity contribution in [1.29, 1.82) is 0 Å². The summed E-state index contributed by atoms with van der Waals surface area (Å²) in [5.74, 6) is 0.233. The summed E-state index contributed by atoms with van der Waals surface area (Å²) in [7, 11) is 2.00. The highest BCUT2D eigenvalue weighted by Gasteiger charge is 2.45. The third kappa shape index (κ3) is 2.85. The van der Waals surface area contributed by atoms with Gasteiger partial charge in [0.05, 0.1) is 13.2 Å². The minimum absolute atomic E-state index is 0.166. The van der Waals surface area contributed by atoms with E-state index in [0.29, 0.717) is 11.9 Å². The summed E-state index contributed by atoms with van der Waals surface area (Å²) in [6, 6.07) is 0.354. The molecule has 4 heteroatoms. The van der Waals surface area contributed by atoms with Gasteiger partial charge in [-0.3, -0.25) is 4.79 Å². The van der Waals surface area contributed by atoms with Crippen molar-refractivity contribution < 1.29 is 14.3 Å². The van der Waals surface area contributed by atoms with Crippen molar-refractivity contribution in [3.05, 3.63) is 0 Å². The number of nitrogens with zero attached hydrogens (tertiary/aromatic N) is 1. The van der Waals surface area contributed by atoms with E-state index in [2.05, 4.69) is 13.8 Å². The van der Waals surface area contributed by atoms with Crippen LogP contribution in [0.4, 0.5) is 0 Å². The van der Waals surface area contributed by atoms with Crippen LogP contribution in [0.15, 0.2) is 0 Å². The van der Waals surface area contributed by atoms with Crippen LogP contribution >= 0.6 is 0 Å². The third-order valence-corrected chi connectivity index (χ3v) is 5.98. The summed E-state index contributed by atoms with van der Waals surface area (Å²) in [4.78, 5) is 14.9. The van der Waals surface area contributed by atoms with Crippen LogP contribution in [0.1, 0.15) is 58.8 Å². The van der Waals surface area contributed by atoms with E-state index in [9.17, 15) is 4.79 Å². The van der Waals surface area contributed by atoms with Crippen molar-refractivity contribution in [3.8, 4) is 0 Å². The van der Waals surface area contributed by atoms with Crippen molar-refractivity contribution in [2.24, 2.45) is 11.3 Å². The van der Waals surface area contributed by atoms with E-state index < -0.39 is 0 Å². The number of ether oxygens (including phenoxy) is 2. The van der Waals surface area contributed by atoms with Gasteiger partial charge in [0.25, 0.3) is 0 Å². The van der Waals surface area contributed by atoms with Gasteiger partial charge in [0.2, 0.25) is 5.91 Å². The smallest absolute Gasteiger partial charge is 0.226 e. The number of carbonyl (C=O) groups excluding carboxylic acids is 1. The average Bonchev–Trinajstić information content (AvgIpc) is 3.05. The molecular formula is C17H29NO3. The number of hydrogen-bond acceptors (Lipinski definition) is 3. The van der Waals surface area contributed by atoms with Gasteiger partial charge in [-0.15, -0.1) is 0 Å². The van der Waals surface area contributed by atoms with E-state index in [-0.39, 0.29) is 17.1 Å². The first kappa shape index (κ1) is 15.3. The molecule has 1 atom stereocenters. The maximum absolute atomic E-state index is 12.8. The minimum atomic E-state index is -0.326. The van der Waals surface area contributed by atoms with E-state index in [1.807, 2.05) is 11.9 Å². The molecule has 2 saturated carbocycles. The average molecular weight is 295 g/mol. The molecule has 1 unspecified atom stereocenters. The zero-order valence-corrected chi connectivity index (χ0v) is 13.7. The van der Waals surface area contributed by atoms with E-state index in [4.69, 9.17) is 9.47 Å². The molecule has 3 rings (SSSR count). The Bertz CT molecular complexity index is 391. The molecule has 0 aromatic carbocycles. The number of carbonyl (C=O) groups is 1. The van der Waals surface area contributed by atoms with Gasteiger partial charge in [-0.1, -0.05) is 20.3 Å². The van der Waals surface area contributed by atoms with Gasteiger partial charge >= 0.3 is 0 Å². The van der Waals surface area contributed by atoms with E-state index in [1.54, 1.807) is 0 Å². The van der Waals surface area contributed by atoms with Crippen LogP contribution in [0.5, 0.6) is 0 Å². The van der Waals surface area contributed by atoms with Gasteiger partial charge < -0.3 is 14.4 Å². The summed E-state index contributed by atoms with van der Waals surface area (Å²) in [5, 5.41) is 0. The molecule has 0 bridgehead atoms. The van der Waals surface area contributed by atoms with Gasteiger partial charge in [0.1, 0.15) is 0 Å². The molecule has 120 valence electrons. The molecule has 0 radical (unpaired) electrons. The SMILES string of the molecule is CN(C(=O)C1CCCC1(C)C)C1CCC2(CC1)OCCO2. The molecule has 1 saturated heterocycles. The molecule has 4 nitrogen and oxygen atoms in total. The van der Waals surface area contributed by atoms with Crippen molar-refractivity contribution in [3.63, 3.8) is 0 Å². The van der Waals surface area contributed by atoms with E-state index in [1.165, 1.54) is 12.8 Å². The fourth-order valence-electron chi connectivity index (χ4n) is 4.43. The Morgan fingerprint density at radius 3 is 2.19 bits per heavy atom. The number of hydrogen-bond donors (Lipinski definition) is 0. The highest BCUT2D eigenvalue weighted by molar-refractivity contribution is 5.80. The van der Waals surface area contributed by atoms with Gasteiger partial charge in [0.15, 0.2) is 5.79 Å². The molecular weight excluding hydrogens is 266 g/mol. The summed E-state index contributed by atoms with van der Waals surface area (Å²) < 4.78 is 11.6. The Hall–Kier alpha value is -0.610. The zero-order valence-electron chi connectivity index (χ0n) is 13.7. The lowest BCUT2D eigenvalue weighted by molar-refractivity contribution is -0.185. The normalized spacial score (nSPS) is 31.7. The predicted molar refractivity (Wildman–Crippen MR) is 80.8 cm³/mol. The Morgan fingerprint density at radius 1 is 1.05 bits per heavy atom. The van der Waals surface area contributed by atoms with Crippen LogP contribution in [0, 0.1) is 11.3 Å². The standard InChI is InChI=1S/C17H29NO3/c1-16(2)8-4-5-14(16)15(19)18(3)13-6-9-17(10-7-13)20-11-12-21-17/h13-14H,4-12H2,1-3H3. The van der Waals surface area contributed by atoms with Crippen LogP contribution in [0.25, 0.3) is 0 Å². The molecule has 21 heavy (non-hydrogen) atoms. The first-order valence-electron chi connectivity index (χ1n) is 8.48. The first-order valence-corrected chi connectivity index (χ1v) is 8.48. The van der Waals surface area contributed by atoms with Crippen LogP contribution in [-0.4, -0.2) is 42.9 Å². The Labute approximate surface area is 128 Å². The topological polar surface area (TPSA) is 38.8 Å². The van der Waals surface area contributed by atoms with Crippen molar-refractivity contribution in [2.45, 2.75) is 70.6 Å². The predicted octanol–water partition coefficient (Wildman–Crippen LogP) is 2.96. The quantitative estimate of drug-likeness (QED) is 0.786.